The van der Waals surface area contributed by atoms with E-state index in [1.54, 1.807) is 25.3 Å². The molecule has 0 saturated heterocycles. The van der Waals surface area contributed by atoms with Gasteiger partial charge in [-0.25, -0.2) is 0 Å². The summed E-state index contributed by atoms with van der Waals surface area (Å²) in [6.07, 6.45) is 0. The van der Waals surface area contributed by atoms with Crippen molar-refractivity contribution in [2.75, 3.05) is 12.8 Å². The number of amides is 1. The molecule has 0 fully saturated rings. The van der Waals surface area contributed by atoms with E-state index in [0.29, 0.717) is 22.8 Å². The normalized spacial score (nSPS) is 10.1. The van der Waals surface area contributed by atoms with Crippen LogP contribution < -0.4 is 15.8 Å². The topological polar surface area (TPSA) is 64.3 Å². The van der Waals surface area contributed by atoms with E-state index in [4.69, 9.17) is 22.1 Å². The third kappa shape index (κ3) is 3.42. The highest BCUT2D eigenvalue weighted by molar-refractivity contribution is 6.33. The monoisotopic (exact) mass is 290 g/mol. The molecule has 0 saturated carbocycles. The van der Waals surface area contributed by atoms with E-state index < -0.39 is 0 Å². The average molecular weight is 291 g/mol. The Morgan fingerprint density at radius 1 is 1.30 bits per heavy atom. The second kappa shape index (κ2) is 6.30. The van der Waals surface area contributed by atoms with Crippen LogP contribution in [0, 0.1) is 0 Å². The number of hydrogen-bond acceptors (Lipinski definition) is 3. The van der Waals surface area contributed by atoms with E-state index >= 15 is 0 Å². The molecule has 1 amide bonds. The molecule has 0 heterocycles. The molecule has 0 unspecified atom stereocenters. The number of ether oxygens (including phenoxy) is 1. The first-order chi connectivity index (χ1) is 9.60. The lowest BCUT2D eigenvalue weighted by Crippen LogP contribution is -2.22. The molecule has 2 aromatic carbocycles. The predicted molar refractivity (Wildman–Crippen MR) is 80.0 cm³/mol. The van der Waals surface area contributed by atoms with Crippen LogP contribution in [0.25, 0.3) is 0 Å². The maximum absolute atomic E-state index is 12.0. The van der Waals surface area contributed by atoms with Crippen LogP contribution in [0.5, 0.6) is 5.75 Å². The first kappa shape index (κ1) is 14.2. The average Bonchev–Trinajstić information content (AvgIpc) is 2.47. The summed E-state index contributed by atoms with van der Waals surface area (Å²) >= 11 is 5.82. The molecule has 2 rings (SSSR count). The molecule has 0 aliphatic carbocycles. The molecule has 104 valence electrons. The van der Waals surface area contributed by atoms with Gasteiger partial charge in [-0.05, 0) is 35.9 Å². The van der Waals surface area contributed by atoms with Crippen LogP contribution in [0.1, 0.15) is 15.9 Å². The van der Waals surface area contributed by atoms with Crippen molar-refractivity contribution in [1.29, 1.82) is 0 Å². The molecule has 4 nitrogen and oxygen atoms in total. The molecule has 0 aliphatic rings. The van der Waals surface area contributed by atoms with Crippen molar-refractivity contribution in [3.8, 4) is 5.75 Å². The molecular weight excluding hydrogens is 276 g/mol. The summed E-state index contributed by atoms with van der Waals surface area (Å²) < 4.78 is 5.13. The van der Waals surface area contributed by atoms with E-state index in [1.165, 1.54) is 0 Å². The van der Waals surface area contributed by atoms with Crippen molar-refractivity contribution in [1.82, 2.24) is 5.32 Å². The van der Waals surface area contributed by atoms with Crippen molar-refractivity contribution in [3.63, 3.8) is 0 Å². The van der Waals surface area contributed by atoms with Crippen molar-refractivity contribution < 1.29 is 9.53 Å². The summed E-state index contributed by atoms with van der Waals surface area (Å²) in [7, 11) is 1.61. The van der Waals surface area contributed by atoms with Gasteiger partial charge in [0.15, 0.2) is 0 Å². The number of carbonyl (C=O) groups is 1. The molecule has 5 heteroatoms. The minimum atomic E-state index is -0.198. The molecule has 0 aliphatic heterocycles. The SMILES string of the molecule is COc1cccc(CNC(=O)c2ccc(Cl)c(N)c2)c1. The van der Waals surface area contributed by atoms with Crippen molar-refractivity contribution in [3.05, 3.63) is 58.6 Å². The number of benzene rings is 2. The number of nitrogen functional groups attached to an aromatic ring is 1. The Balaban J connectivity index is 2.02. The standard InChI is InChI=1S/C15H15ClN2O2/c1-20-12-4-2-3-10(7-12)9-18-15(19)11-5-6-13(16)14(17)8-11/h2-8H,9,17H2,1H3,(H,18,19). The first-order valence-corrected chi connectivity index (χ1v) is 6.44. The molecule has 20 heavy (non-hydrogen) atoms. The number of hydrogen-bond donors (Lipinski definition) is 2. The number of anilines is 1. The summed E-state index contributed by atoms with van der Waals surface area (Å²) in [6.45, 7) is 0.415. The Bertz CT molecular complexity index is 629. The highest BCUT2D eigenvalue weighted by atomic mass is 35.5. The largest absolute Gasteiger partial charge is 0.497 e. The van der Waals surface area contributed by atoms with Crippen LogP contribution in [0.4, 0.5) is 5.69 Å². The minimum Gasteiger partial charge on any atom is -0.497 e. The fourth-order valence-electron chi connectivity index (χ4n) is 1.75. The number of rotatable bonds is 4. The summed E-state index contributed by atoms with van der Waals surface area (Å²) in [5.74, 6) is 0.559. The van der Waals surface area contributed by atoms with Crippen LogP contribution in [0.3, 0.4) is 0 Å². The third-order valence-electron chi connectivity index (χ3n) is 2.85. The van der Waals surface area contributed by atoms with Gasteiger partial charge in [0.2, 0.25) is 0 Å². The molecule has 0 radical (unpaired) electrons. The molecule has 3 N–H and O–H groups in total. The number of nitrogens with one attached hydrogen (secondary N) is 1. The van der Waals surface area contributed by atoms with E-state index in [2.05, 4.69) is 5.32 Å². The van der Waals surface area contributed by atoms with Gasteiger partial charge >= 0.3 is 0 Å². The maximum atomic E-state index is 12.0. The molecule has 0 aromatic heterocycles. The zero-order valence-electron chi connectivity index (χ0n) is 11.0. The summed E-state index contributed by atoms with van der Waals surface area (Å²) in [6, 6.07) is 12.3. The second-order valence-electron chi connectivity index (χ2n) is 4.27. The molecular formula is C15H15ClN2O2. The lowest BCUT2D eigenvalue weighted by molar-refractivity contribution is 0.0951. The maximum Gasteiger partial charge on any atom is 0.251 e. The fourth-order valence-corrected chi connectivity index (χ4v) is 1.87. The highest BCUT2D eigenvalue weighted by Crippen LogP contribution is 2.19. The van der Waals surface area contributed by atoms with Gasteiger partial charge in [-0.1, -0.05) is 23.7 Å². The van der Waals surface area contributed by atoms with Gasteiger partial charge < -0.3 is 15.8 Å². The molecule has 0 spiro atoms. The van der Waals surface area contributed by atoms with Crippen LogP contribution in [0.15, 0.2) is 42.5 Å². The van der Waals surface area contributed by atoms with Gasteiger partial charge in [0.05, 0.1) is 17.8 Å². The lowest BCUT2D eigenvalue weighted by atomic mass is 10.1. The number of carbonyl (C=O) groups excluding carboxylic acids is 1. The van der Waals surface area contributed by atoms with Crippen LogP contribution in [0.2, 0.25) is 5.02 Å². The Morgan fingerprint density at radius 2 is 2.10 bits per heavy atom. The van der Waals surface area contributed by atoms with Crippen LogP contribution in [-0.2, 0) is 6.54 Å². The molecule has 2 aromatic rings. The smallest absolute Gasteiger partial charge is 0.251 e. The highest BCUT2D eigenvalue weighted by Gasteiger charge is 2.07. The fraction of sp³-hybridized carbons (Fsp3) is 0.133. The Kier molecular flexibility index (Phi) is 4.48. The number of halogens is 1. The summed E-state index contributed by atoms with van der Waals surface area (Å²) in [5, 5.41) is 3.26. The lowest BCUT2D eigenvalue weighted by Gasteiger charge is -2.08. The first-order valence-electron chi connectivity index (χ1n) is 6.06. The van der Waals surface area contributed by atoms with Gasteiger partial charge in [0.1, 0.15) is 5.75 Å². The zero-order valence-corrected chi connectivity index (χ0v) is 11.8. The van der Waals surface area contributed by atoms with Crippen molar-refractivity contribution >= 4 is 23.2 Å². The Morgan fingerprint density at radius 3 is 2.80 bits per heavy atom. The van der Waals surface area contributed by atoms with Crippen LogP contribution in [-0.4, -0.2) is 13.0 Å². The van der Waals surface area contributed by atoms with E-state index in [9.17, 15) is 4.79 Å². The van der Waals surface area contributed by atoms with E-state index in [-0.39, 0.29) is 5.91 Å². The number of nitrogens with two attached hydrogens (primary N) is 1. The molecule has 0 atom stereocenters. The van der Waals surface area contributed by atoms with Crippen LogP contribution >= 0.6 is 11.6 Å². The molecule has 0 bridgehead atoms. The summed E-state index contributed by atoms with van der Waals surface area (Å²) in [5.41, 5.74) is 7.50. The van der Waals surface area contributed by atoms with E-state index in [1.807, 2.05) is 24.3 Å². The van der Waals surface area contributed by atoms with Gasteiger partial charge in [-0.2, -0.15) is 0 Å². The zero-order chi connectivity index (χ0) is 14.5. The summed E-state index contributed by atoms with van der Waals surface area (Å²) in [4.78, 5) is 12.0. The van der Waals surface area contributed by atoms with E-state index in [0.717, 1.165) is 11.3 Å². The van der Waals surface area contributed by atoms with Crippen molar-refractivity contribution in [2.24, 2.45) is 0 Å². The quantitative estimate of drug-likeness (QED) is 0.851. The Labute approximate surface area is 122 Å². The Hall–Kier alpha value is -2.20. The van der Waals surface area contributed by atoms with Gasteiger partial charge in [0.25, 0.3) is 5.91 Å². The minimum absolute atomic E-state index is 0.198. The number of methoxy groups -OCH3 is 1. The third-order valence-corrected chi connectivity index (χ3v) is 3.19. The predicted octanol–water partition coefficient (Wildman–Crippen LogP) is 2.86. The van der Waals surface area contributed by atoms with Gasteiger partial charge in [-0.15, -0.1) is 0 Å². The van der Waals surface area contributed by atoms with Gasteiger partial charge in [-0.3, -0.25) is 4.79 Å². The van der Waals surface area contributed by atoms with Crippen molar-refractivity contribution in [2.45, 2.75) is 6.54 Å². The van der Waals surface area contributed by atoms with Gasteiger partial charge in [0, 0.05) is 12.1 Å². The second-order valence-corrected chi connectivity index (χ2v) is 4.68.